The monoisotopic (exact) mass is 461 g/mol. The zero-order valence-corrected chi connectivity index (χ0v) is 17.9. The number of fused-ring (bicyclic) bond motifs is 3. The number of hydrogen-bond donors (Lipinski definition) is 3. The highest BCUT2D eigenvalue weighted by atomic mass is 35.5. The maximum atomic E-state index is 11.8. The smallest absolute Gasteiger partial charge is 0.295 e. The first-order chi connectivity index (χ1) is 16.0. The van der Waals surface area contributed by atoms with Crippen molar-refractivity contribution in [2.75, 3.05) is 12.4 Å². The maximum Gasteiger partial charge on any atom is 0.295 e. The Balaban J connectivity index is 1.84. The van der Waals surface area contributed by atoms with Crippen LogP contribution in [-0.4, -0.2) is 33.0 Å². The molecular formula is C23H16ClN5O4. The lowest BCUT2D eigenvalue weighted by Gasteiger charge is -2.13. The topological polar surface area (TPSA) is 126 Å². The van der Waals surface area contributed by atoms with Crippen LogP contribution in [-0.2, 0) is 0 Å². The van der Waals surface area contributed by atoms with Crippen molar-refractivity contribution in [2.45, 2.75) is 0 Å². The summed E-state index contributed by atoms with van der Waals surface area (Å²) in [7, 11) is 1.49. The molecule has 4 aromatic rings. The number of halogens is 1. The summed E-state index contributed by atoms with van der Waals surface area (Å²) in [5, 5.41) is 32.6. The van der Waals surface area contributed by atoms with E-state index in [0.29, 0.717) is 55.5 Å². The molecule has 9 nitrogen and oxygen atoms in total. The molecule has 0 saturated heterocycles. The molecule has 0 fully saturated rings. The van der Waals surface area contributed by atoms with E-state index in [1.807, 2.05) is 6.07 Å². The second-order valence-corrected chi connectivity index (χ2v) is 7.64. The van der Waals surface area contributed by atoms with E-state index in [4.69, 9.17) is 21.3 Å². The lowest BCUT2D eigenvalue weighted by molar-refractivity contribution is -0.383. The Bertz CT molecular complexity index is 1490. The minimum atomic E-state index is -0.465. The minimum absolute atomic E-state index is 0.0482. The number of H-pyrrole nitrogens is 1. The largest absolute Gasteiger partial charge is 0.508 e. The average molecular weight is 462 g/mol. The number of nitro groups is 1. The summed E-state index contributed by atoms with van der Waals surface area (Å²) in [6.07, 6.45) is 3.20. The number of nitrogens with one attached hydrogen (secondary N) is 2. The van der Waals surface area contributed by atoms with Gasteiger partial charge in [0.25, 0.3) is 5.69 Å². The Morgan fingerprint density at radius 1 is 1.12 bits per heavy atom. The Labute approximate surface area is 192 Å². The van der Waals surface area contributed by atoms with Crippen LogP contribution >= 0.6 is 11.6 Å². The summed E-state index contributed by atoms with van der Waals surface area (Å²) in [6, 6.07) is 13.3. The second-order valence-electron chi connectivity index (χ2n) is 7.23. The van der Waals surface area contributed by atoms with Crippen molar-refractivity contribution in [3.63, 3.8) is 0 Å². The highest BCUT2D eigenvalue weighted by Crippen LogP contribution is 2.40. The lowest BCUT2D eigenvalue weighted by Crippen LogP contribution is -2.07. The SMILES string of the molecule is COc1cc(O)ccc1C1=CNc2c(cc([N+](=O)[O-])c3[nH]ncc23)C(c2ccccc2Cl)=N1. The van der Waals surface area contributed by atoms with Gasteiger partial charge in [0.05, 0.1) is 40.7 Å². The zero-order chi connectivity index (χ0) is 23.1. The van der Waals surface area contributed by atoms with Crippen LogP contribution in [0.25, 0.3) is 16.6 Å². The van der Waals surface area contributed by atoms with Crippen molar-refractivity contribution in [1.82, 2.24) is 10.2 Å². The molecule has 3 aromatic carbocycles. The molecule has 5 rings (SSSR count). The Morgan fingerprint density at radius 2 is 1.94 bits per heavy atom. The molecule has 1 aliphatic rings. The number of phenols is 1. The van der Waals surface area contributed by atoms with E-state index in [1.165, 1.54) is 31.5 Å². The summed E-state index contributed by atoms with van der Waals surface area (Å²) in [6.45, 7) is 0. The number of nitro benzene ring substituents is 1. The number of aromatic hydroxyl groups is 1. The average Bonchev–Trinajstić information content (AvgIpc) is 3.22. The fourth-order valence-electron chi connectivity index (χ4n) is 3.82. The third kappa shape index (κ3) is 3.44. The summed E-state index contributed by atoms with van der Waals surface area (Å²) in [4.78, 5) is 16.2. The molecule has 0 bridgehead atoms. The van der Waals surface area contributed by atoms with E-state index in [0.717, 1.165) is 0 Å². The number of aliphatic imine (C=N–C) groups is 1. The Kier molecular flexibility index (Phi) is 4.95. The van der Waals surface area contributed by atoms with Crippen molar-refractivity contribution in [1.29, 1.82) is 0 Å². The van der Waals surface area contributed by atoms with Gasteiger partial charge in [0.15, 0.2) is 0 Å². The Hall–Kier alpha value is -4.37. The number of phenolic OH excluding ortho intramolecular Hbond substituents is 1. The third-order valence-corrected chi connectivity index (χ3v) is 5.67. The first kappa shape index (κ1) is 20.5. The molecule has 0 radical (unpaired) electrons. The molecule has 10 heteroatoms. The number of ether oxygens (including phenoxy) is 1. The van der Waals surface area contributed by atoms with Crippen LogP contribution in [0.3, 0.4) is 0 Å². The van der Waals surface area contributed by atoms with Crippen molar-refractivity contribution in [3.05, 3.63) is 92.8 Å². The number of aromatic amines is 1. The van der Waals surface area contributed by atoms with Crippen molar-refractivity contribution >= 4 is 45.3 Å². The molecule has 0 spiro atoms. The highest BCUT2D eigenvalue weighted by Gasteiger charge is 2.27. The standard InChI is InChI=1S/C23H16ClN5O4/c1-33-20-8-12(30)6-7-14(20)18-11-25-21-15(22(27-18)13-4-2-3-5-17(13)24)9-19(29(31)32)23-16(21)10-26-28-23/h2-11,25,30H,1H3,(H,26,28). The molecule has 0 unspecified atom stereocenters. The van der Waals surface area contributed by atoms with Gasteiger partial charge < -0.3 is 15.2 Å². The number of anilines is 1. The van der Waals surface area contributed by atoms with Crippen LogP contribution in [0.1, 0.15) is 16.7 Å². The normalized spacial score (nSPS) is 12.9. The Morgan fingerprint density at radius 3 is 2.70 bits per heavy atom. The fourth-order valence-corrected chi connectivity index (χ4v) is 4.05. The number of nitrogens with zero attached hydrogens (tertiary/aromatic N) is 3. The molecule has 1 aliphatic heterocycles. The maximum absolute atomic E-state index is 11.8. The predicted octanol–water partition coefficient (Wildman–Crippen LogP) is 5.10. The first-order valence-electron chi connectivity index (χ1n) is 9.80. The van der Waals surface area contributed by atoms with Gasteiger partial charge in [-0.3, -0.25) is 15.2 Å². The van der Waals surface area contributed by atoms with Gasteiger partial charge in [-0.15, -0.1) is 0 Å². The van der Waals surface area contributed by atoms with E-state index in [9.17, 15) is 15.2 Å². The van der Waals surface area contributed by atoms with Gasteiger partial charge in [0, 0.05) is 40.0 Å². The highest BCUT2D eigenvalue weighted by molar-refractivity contribution is 6.36. The third-order valence-electron chi connectivity index (χ3n) is 5.34. The molecule has 2 heterocycles. The molecular weight excluding hydrogens is 446 g/mol. The van der Waals surface area contributed by atoms with Crippen molar-refractivity contribution < 1.29 is 14.8 Å². The number of non-ortho nitro benzene ring substituents is 1. The minimum Gasteiger partial charge on any atom is -0.508 e. The number of aromatic nitrogens is 2. The van der Waals surface area contributed by atoms with Gasteiger partial charge >= 0.3 is 0 Å². The predicted molar refractivity (Wildman–Crippen MR) is 126 cm³/mol. The van der Waals surface area contributed by atoms with Gasteiger partial charge in [-0.2, -0.15) is 5.10 Å². The summed E-state index contributed by atoms with van der Waals surface area (Å²) < 4.78 is 5.44. The summed E-state index contributed by atoms with van der Waals surface area (Å²) in [5.41, 5.74) is 3.38. The van der Waals surface area contributed by atoms with E-state index < -0.39 is 4.92 Å². The van der Waals surface area contributed by atoms with Crippen LogP contribution in [0.4, 0.5) is 11.4 Å². The van der Waals surface area contributed by atoms with Crippen molar-refractivity contribution in [2.24, 2.45) is 4.99 Å². The van der Waals surface area contributed by atoms with Gasteiger partial charge in [0.2, 0.25) is 0 Å². The summed E-state index contributed by atoms with van der Waals surface area (Å²) >= 11 is 6.52. The number of rotatable bonds is 4. The van der Waals surface area contributed by atoms with E-state index in [2.05, 4.69) is 15.5 Å². The van der Waals surface area contributed by atoms with Gasteiger partial charge in [-0.05, 0) is 18.2 Å². The van der Waals surface area contributed by atoms with Gasteiger partial charge in [-0.1, -0.05) is 29.8 Å². The molecule has 0 atom stereocenters. The van der Waals surface area contributed by atoms with E-state index >= 15 is 0 Å². The quantitative estimate of drug-likeness (QED) is 0.287. The first-order valence-corrected chi connectivity index (χ1v) is 10.2. The van der Waals surface area contributed by atoms with Crippen LogP contribution < -0.4 is 10.1 Å². The zero-order valence-electron chi connectivity index (χ0n) is 17.2. The number of hydrogen-bond acceptors (Lipinski definition) is 7. The lowest BCUT2D eigenvalue weighted by atomic mass is 9.97. The molecule has 0 saturated carbocycles. The molecule has 0 amide bonds. The molecule has 0 aliphatic carbocycles. The summed E-state index contributed by atoms with van der Waals surface area (Å²) in [5.74, 6) is 0.461. The van der Waals surface area contributed by atoms with Crippen LogP contribution in [0, 0.1) is 10.1 Å². The molecule has 1 aromatic heterocycles. The molecule has 33 heavy (non-hydrogen) atoms. The van der Waals surface area contributed by atoms with Gasteiger partial charge in [0.1, 0.15) is 17.0 Å². The van der Waals surface area contributed by atoms with Crippen LogP contribution in [0.15, 0.2) is 65.9 Å². The van der Waals surface area contributed by atoms with Crippen LogP contribution in [0.2, 0.25) is 5.02 Å². The van der Waals surface area contributed by atoms with Crippen molar-refractivity contribution in [3.8, 4) is 11.5 Å². The molecule has 164 valence electrons. The van der Waals surface area contributed by atoms with Gasteiger partial charge in [-0.25, -0.2) is 4.99 Å². The fraction of sp³-hybridized carbons (Fsp3) is 0.0435. The number of benzene rings is 3. The van der Waals surface area contributed by atoms with Crippen LogP contribution in [0.5, 0.6) is 11.5 Å². The van der Waals surface area contributed by atoms with E-state index in [1.54, 1.807) is 30.5 Å². The molecule has 3 N–H and O–H groups in total. The van der Waals surface area contributed by atoms with E-state index in [-0.39, 0.29) is 11.4 Å². The second kappa shape index (κ2) is 7.95. The number of methoxy groups -OCH3 is 1.